The van der Waals surface area contributed by atoms with Gasteiger partial charge in [0.05, 0.1) is 12.8 Å². The Bertz CT molecular complexity index is 1030. The molecule has 0 N–H and O–H groups in total. The van der Waals surface area contributed by atoms with Crippen LogP contribution >= 0.6 is 11.6 Å². The number of anilines is 1. The highest BCUT2D eigenvalue weighted by Crippen LogP contribution is 2.46. The molecule has 0 saturated carbocycles. The summed E-state index contributed by atoms with van der Waals surface area (Å²) in [5.41, 5.74) is 3.56. The predicted octanol–water partition coefficient (Wildman–Crippen LogP) is 5.32. The summed E-state index contributed by atoms with van der Waals surface area (Å²) in [4.78, 5) is 27.8. The van der Waals surface area contributed by atoms with Gasteiger partial charge in [0.25, 0.3) is 0 Å². The van der Waals surface area contributed by atoms with Crippen molar-refractivity contribution in [2.75, 3.05) is 12.0 Å². The number of methoxy groups -OCH3 is 1. The Balaban J connectivity index is 1.89. The highest BCUT2D eigenvalue weighted by molar-refractivity contribution is 6.31. The van der Waals surface area contributed by atoms with Gasteiger partial charge in [0.15, 0.2) is 5.78 Å². The fraction of sp³-hybridized carbons (Fsp3) is 0.304. The van der Waals surface area contributed by atoms with Crippen LogP contribution in [-0.4, -0.2) is 18.8 Å². The zero-order valence-corrected chi connectivity index (χ0v) is 17.1. The summed E-state index contributed by atoms with van der Waals surface area (Å²) in [5, 5.41) is 0.549. The summed E-state index contributed by atoms with van der Waals surface area (Å²) in [6, 6.07) is 9.55. The van der Waals surface area contributed by atoms with E-state index in [0.29, 0.717) is 47.0 Å². The van der Waals surface area contributed by atoms with Crippen LogP contribution in [0.25, 0.3) is 0 Å². The molecule has 29 heavy (non-hydrogen) atoms. The molecule has 150 valence electrons. The van der Waals surface area contributed by atoms with E-state index in [-0.39, 0.29) is 29.8 Å². The molecule has 2 aromatic carbocycles. The molecule has 0 aromatic heterocycles. The molecule has 2 aliphatic rings. The molecule has 0 spiro atoms. The van der Waals surface area contributed by atoms with Gasteiger partial charge in [-0.25, -0.2) is 4.39 Å². The largest absolute Gasteiger partial charge is 0.495 e. The first kappa shape index (κ1) is 19.6. The first-order chi connectivity index (χ1) is 13.9. The van der Waals surface area contributed by atoms with Crippen LogP contribution in [-0.2, 0) is 9.59 Å². The lowest BCUT2D eigenvalue weighted by Gasteiger charge is -2.39. The van der Waals surface area contributed by atoms with Crippen LogP contribution in [0, 0.1) is 12.7 Å². The number of Topliss-reactive ketones (excluding diaryl/α,β-unsaturated/α-hetero) is 1. The molecule has 1 aliphatic carbocycles. The summed E-state index contributed by atoms with van der Waals surface area (Å²) in [7, 11) is 1.53. The lowest BCUT2D eigenvalue weighted by atomic mass is 9.77. The van der Waals surface area contributed by atoms with Gasteiger partial charge in [0, 0.05) is 41.1 Å². The van der Waals surface area contributed by atoms with Crippen LogP contribution in [0.4, 0.5) is 10.1 Å². The first-order valence-corrected chi connectivity index (χ1v) is 9.97. The van der Waals surface area contributed by atoms with Crippen molar-refractivity contribution in [1.29, 1.82) is 0 Å². The summed E-state index contributed by atoms with van der Waals surface area (Å²) >= 11 is 6.24. The number of amides is 1. The molecule has 1 unspecified atom stereocenters. The standard InChI is InChI=1S/C23H21ClFNO3/c1-13-10-19(21(29-2)12-17(13)24)26-18-4-3-5-20(27)23(18)16(11-22(26)28)14-6-8-15(25)9-7-14/h6-10,12,16H,3-5,11H2,1-2H3. The number of halogens is 2. The van der Waals surface area contributed by atoms with Crippen LogP contribution in [0.3, 0.4) is 0 Å². The molecule has 0 saturated heterocycles. The van der Waals surface area contributed by atoms with E-state index < -0.39 is 0 Å². The maximum Gasteiger partial charge on any atom is 0.232 e. The summed E-state index contributed by atoms with van der Waals surface area (Å²) < 4.78 is 18.9. The number of carbonyl (C=O) groups excluding carboxylic acids is 2. The summed E-state index contributed by atoms with van der Waals surface area (Å²) in [6.45, 7) is 1.86. The molecule has 0 radical (unpaired) electrons. The molecule has 0 fully saturated rings. The van der Waals surface area contributed by atoms with E-state index in [1.807, 2.05) is 13.0 Å². The second-order valence-corrected chi connectivity index (χ2v) is 7.85. The highest BCUT2D eigenvalue weighted by atomic mass is 35.5. The van der Waals surface area contributed by atoms with Gasteiger partial charge < -0.3 is 4.74 Å². The SMILES string of the molecule is COc1cc(Cl)c(C)cc1N1C(=O)CC(c2ccc(F)cc2)C2=C1CCCC2=O. The quantitative estimate of drug-likeness (QED) is 0.683. The van der Waals surface area contributed by atoms with E-state index in [0.717, 1.165) is 11.1 Å². The van der Waals surface area contributed by atoms with E-state index in [1.54, 1.807) is 23.1 Å². The summed E-state index contributed by atoms with van der Waals surface area (Å²) in [6.07, 6.45) is 1.90. The highest BCUT2D eigenvalue weighted by Gasteiger charge is 2.40. The van der Waals surface area contributed by atoms with Crippen molar-refractivity contribution >= 4 is 29.0 Å². The van der Waals surface area contributed by atoms with Crippen LogP contribution in [0.15, 0.2) is 47.7 Å². The number of rotatable bonds is 3. The third kappa shape index (κ3) is 3.44. The molecule has 1 atom stereocenters. The fourth-order valence-corrected chi connectivity index (χ4v) is 4.39. The zero-order valence-electron chi connectivity index (χ0n) is 16.3. The lowest BCUT2D eigenvalue weighted by molar-refractivity contribution is -0.119. The normalized spacial score (nSPS) is 19.4. The van der Waals surface area contributed by atoms with E-state index >= 15 is 0 Å². The van der Waals surface area contributed by atoms with Crippen molar-refractivity contribution < 1.29 is 18.7 Å². The van der Waals surface area contributed by atoms with Crippen molar-refractivity contribution in [1.82, 2.24) is 0 Å². The van der Waals surface area contributed by atoms with Gasteiger partial charge in [-0.1, -0.05) is 23.7 Å². The van der Waals surface area contributed by atoms with E-state index in [4.69, 9.17) is 16.3 Å². The van der Waals surface area contributed by atoms with Gasteiger partial charge >= 0.3 is 0 Å². The number of carbonyl (C=O) groups is 2. The van der Waals surface area contributed by atoms with Crippen LogP contribution in [0.2, 0.25) is 5.02 Å². The minimum Gasteiger partial charge on any atom is -0.495 e. The van der Waals surface area contributed by atoms with E-state index in [2.05, 4.69) is 0 Å². The van der Waals surface area contributed by atoms with Gasteiger partial charge in [-0.15, -0.1) is 0 Å². The number of benzene rings is 2. The van der Waals surface area contributed by atoms with Crippen LogP contribution in [0.5, 0.6) is 5.75 Å². The minimum atomic E-state index is -0.360. The average molecular weight is 414 g/mol. The molecule has 4 nitrogen and oxygen atoms in total. The average Bonchev–Trinajstić information content (AvgIpc) is 2.70. The zero-order chi connectivity index (χ0) is 20.7. The van der Waals surface area contributed by atoms with Gasteiger partial charge in [0.2, 0.25) is 5.91 Å². The van der Waals surface area contributed by atoms with E-state index in [9.17, 15) is 14.0 Å². The summed E-state index contributed by atoms with van der Waals surface area (Å²) in [5.74, 6) is -0.292. The fourth-order valence-electron chi connectivity index (χ4n) is 4.24. The Kier molecular flexibility index (Phi) is 5.17. The lowest BCUT2D eigenvalue weighted by Crippen LogP contribution is -2.40. The van der Waals surface area contributed by atoms with Gasteiger partial charge in [-0.3, -0.25) is 14.5 Å². The second-order valence-electron chi connectivity index (χ2n) is 7.45. The Morgan fingerprint density at radius 1 is 1.14 bits per heavy atom. The van der Waals surface area contributed by atoms with Gasteiger partial charge in [0.1, 0.15) is 11.6 Å². The van der Waals surface area contributed by atoms with Crippen molar-refractivity contribution in [3.63, 3.8) is 0 Å². The van der Waals surface area contributed by atoms with Crippen LogP contribution in [0.1, 0.15) is 42.7 Å². The van der Waals surface area contributed by atoms with Crippen molar-refractivity contribution in [2.24, 2.45) is 0 Å². The minimum absolute atomic E-state index is 0.0442. The first-order valence-electron chi connectivity index (χ1n) is 9.59. The van der Waals surface area contributed by atoms with E-state index in [1.165, 1.54) is 19.2 Å². The van der Waals surface area contributed by atoms with Gasteiger partial charge in [-0.05, 0) is 49.1 Å². The number of ketones is 1. The molecule has 0 bridgehead atoms. The number of nitrogens with zero attached hydrogens (tertiary/aromatic N) is 1. The van der Waals surface area contributed by atoms with Gasteiger partial charge in [-0.2, -0.15) is 0 Å². The molecular weight excluding hydrogens is 393 g/mol. The number of allylic oxidation sites excluding steroid dienone is 2. The molecular formula is C23H21ClFNO3. The molecule has 4 rings (SSSR count). The number of aryl methyl sites for hydroxylation is 1. The Hall–Kier alpha value is -2.66. The Labute approximate surface area is 173 Å². The Morgan fingerprint density at radius 2 is 1.86 bits per heavy atom. The molecule has 6 heteroatoms. The van der Waals surface area contributed by atoms with Crippen molar-refractivity contribution in [3.05, 3.63) is 69.6 Å². The Morgan fingerprint density at radius 3 is 2.55 bits per heavy atom. The monoisotopic (exact) mass is 413 g/mol. The second kappa shape index (κ2) is 7.64. The number of ether oxygens (including phenoxy) is 1. The number of hydrogen-bond donors (Lipinski definition) is 0. The topological polar surface area (TPSA) is 46.6 Å². The molecule has 2 aromatic rings. The maximum absolute atomic E-state index is 13.4. The third-order valence-electron chi connectivity index (χ3n) is 5.65. The smallest absolute Gasteiger partial charge is 0.232 e. The van der Waals surface area contributed by atoms with Crippen LogP contribution < -0.4 is 9.64 Å². The van der Waals surface area contributed by atoms with Crippen molar-refractivity contribution in [2.45, 2.75) is 38.5 Å². The number of hydrogen-bond acceptors (Lipinski definition) is 3. The molecule has 1 amide bonds. The molecule has 1 heterocycles. The molecule has 1 aliphatic heterocycles. The van der Waals surface area contributed by atoms with Crippen molar-refractivity contribution in [3.8, 4) is 5.75 Å². The predicted molar refractivity (Wildman–Crippen MR) is 110 cm³/mol. The third-order valence-corrected chi connectivity index (χ3v) is 6.06. The maximum atomic E-state index is 13.4.